The summed E-state index contributed by atoms with van der Waals surface area (Å²) in [7, 11) is 0. The number of fused-ring (bicyclic) bond motifs is 3. The second-order valence-electron chi connectivity index (χ2n) is 24.0. The number of oxime groups is 3. The summed E-state index contributed by atoms with van der Waals surface area (Å²) in [6.45, 7) is 11.4. The molecule has 502 valence electrons. The van der Waals surface area contributed by atoms with Crippen LogP contribution in [-0.4, -0.2) is 54.5 Å². The highest BCUT2D eigenvalue weighted by molar-refractivity contribution is 6.14. The molecule has 0 bridgehead atoms. The molecule has 0 aliphatic heterocycles. The van der Waals surface area contributed by atoms with Crippen LogP contribution in [0.3, 0.4) is 0 Å². The molecule has 0 aliphatic carbocycles. The van der Waals surface area contributed by atoms with Crippen LogP contribution in [0.5, 0.6) is 0 Å². The van der Waals surface area contributed by atoms with Gasteiger partial charge >= 0.3 is 17.9 Å². The maximum absolute atomic E-state index is 13.5. The van der Waals surface area contributed by atoms with Gasteiger partial charge in [0.25, 0.3) is 0 Å². The third-order valence-electron chi connectivity index (χ3n) is 17.4. The summed E-state index contributed by atoms with van der Waals surface area (Å²) in [6.07, 6.45) is 8.32. The second-order valence-corrected chi connectivity index (χ2v) is 24.0. The number of aryl methyl sites for hydroxylation is 3. The van der Waals surface area contributed by atoms with Gasteiger partial charge in [0.1, 0.15) is 5.82 Å². The fraction of sp³-hybridized carbons (Fsp3) is 0.140. The van der Waals surface area contributed by atoms with Crippen molar-refractivity contribution >= 4 is 73.5 Å². The van der Waals surface area contributed by atoms with Crippen molar-refractivity contribution in [2.45, 2.75) is 80.1 Å². The number of hydrogen-bond donors (Lipinski definition) is 0. The molecule has 15 heteroatoms. The molecule has 101 heavy (non-hydrogen) atoms. The lowest BCUT2D eigenvalue weighted by atomic mass is 9.98. The smallest absolute Gasteiger partial charge is 0.318 e. The summed E-state index contributed by atoms with van der Waals surface area (Å²) in [6, 6.07) is 81.2. The minimum atomic E-state index is -0.385. The van der Waals surface area contributed by atoms with Gasteiger partial charge in [-0.3, -0.25) is 4.79 Å². The van der Waals surface area contributed by atoms with Crippen molar-refractivity contribution in [3.05, 3.63) is 340 Å². The first kappa shape index (κ1) is 69.7. The predicted octanol–water partition coefficient (Wildman–Crippen LogP) is 18.8. The molecule has 13 rings (SSSR count). The molecule has 0 unspecified atom stereocenters. The number of hydrogen-bond acceptors (Lipinski definition) is 11. The van der Waals surface area contributed by atoms with Crippen LogP contribution >= 0.6 is 0 Å². The van der Waals surface area contributed by atoms with Crippen LogP contribution in [0.1, 0.15) is 112 Å². The highest BCUT2D eigenvalue weighted by Gasteiger charge is 2.22. The first-order valence-electron chi connectivity index (χ1n) is 33.4. The second kappa shape index (κ2) is 33.1. The third kappa shape index (κ3) is 16.8. The zero-order valence-electron chi connectivity index (χ0n) is 57.0. The van der Waals surface area contributed by atoms with Gasteiger partial charge in [0, 0.05) is 118 Å². The van der Waals surface area contributed by atoms with Crippen LogP contribution in [0.4, 0.5) is 4.39 Å². The predicted molar refractivity (Wildman–Crippen MR) is 398 cm³/mol. The van der Waals surface area contributed by atoms with Gasteiger partial charge in [-0.2, -0.15) is 5.26 Å². The van der Waals surface area contributed by atoms with Crippen LogP contribution in [0.2, 0.25) is 0 Å². The number of carbonyl (C=O) groups is 4. The Morgan fingerprint density at radius 3 is 1.01 bits per heavy atom. The monoisotopic (exact) mass is 1340 g/mol. The van der Waals surface area contributed by atoms with Crippen molar-refractivity contribution in [2.24, 2.45) is 15.5 Å². The van der Waals surface area contributed by atoms with Crippen molar-refractivity contribution in [1.82, 2.24) is 13.7 Å². The van der Waals surface area contributed by atoms with Crippen LogP contribution < -0.4 is 0 Å². The SMILES string of the molecule is CCC(=O)O/N=C(\Cc1ccccc1C)c1cn(-c2ccc(C#N)cc2)c2ccccc12.CCC(=O)O/N=C(\Cc1ccccc1C)c1cn(-c2ccc(C(=O)c3ccccc3)cc2)c2ccccc12.CCC(=O)O/N=C(\Cc1ccccc1C)c1cn(-c2ccc(F)cc2)c2ccccc12. The van der Waals surface area contributed by atoms with Crippen molar-refractivity contribution < 1.29 is 38.1 Å². The van der Waals surface area contributed by atoms with E-state index in [4.69, 9.17) is 19.8 Å². The fourth-order valence-electron chi connectivity index (χ4n) is 11.7. The molecular formula is C86H74FN7O7. The van der Waals surface area contributed by atoms with Gasteiger partial charge in [-0.05, 0) is 145 Å². The van der Waals surface area contributed by atoms with Crippen molar-refractivity contribution in [2.75, 3.05) is 0 Å². The average Bonchev–Trinajstić information content (AvgIpc) is 1.64. The zero-order chi connectivity index (χ0) is 70.8. The summed E-state index contributed by atoms with van der Waals surface area (Å²) in [4.78, 5) is 64.2. The number of halogens is 1. The first-order valence-corrected chi connectivity index (χ1v) is 33.4. The van der Waals surface area contributed by atoms with Gasteiger partial charge in [0.05, 0.1) is 45.3 Å². The van der Waals surface area contributed by atoms with E-state index < -0.39 is 0 Å². The summed E-state index contributed by atoms with van der Waals surface area (Å²) in [5.41, 5.74) is 19.0. The molecule has 0 fully saturated rings. The van der Waals surface area contributed by atoms with E-state index in [0.717, 1.165) is 99.8 Å². The van der Waals surface area contributed by atoms with Crippen molar-refractivity contribution in [1.29, 1.82) is 5.26 Å². The molecule has 0 saturated carbocycles. The Hall–Kier alpha value is -12.7. The minimum Gasteiger partial charge on any atom is -0.318 e. The molecule has 0 amide bonds. The molecular weight excluding hydrogens is 1260 g/mol. The highest BCUT2D eigenvalue weighted by Crippen LogP contribution is 2.32. The van der Waals surface area contributed by atoms with E-state index in [2.05, 4.69) is 68.8 Å². The quantitative estimate of drug-likeness (QED) is 0.0314. The number of ketones is 1. The Balaban J connectivity index is 0.000000154. The molecule has 3 heterocycles. The van der Waals surface area contributed by atoms with E-state index in [1.54, 1.807) is 45.0 Å². The van der Waals surface area contributed by atoms with Crippen LogP contribution in [0.25, 0.3) is 49.8 Å². The molecule has 0 N–H and O–H groups in total. The number of nitriles is 1. The number of para-hydroxylation sites is 3. The summed E-state index contributed by atoms with van der Waals surface area (Å²) in [5.74, 6) is -1.43. The number of aromatic nitrogens is 3. The summed E-state index contributed by atoms with van der Waals surface area (Å²) in [5, 5.41) is 25.0. The van der Waals surface area contributed by atoms with Gasteiger partial charge < -0.3 is 28.2 Å². The van der Waals surface area contributed by atoms with E-state index in [-0.39, 0.29) is 48.8 Å². The Labute approximate surface area is 586 Å². The lowest BCUT2D eigenvalue weighted by molar-refractivity contribution is -0.144. The molecule has 10 aromatic carbocycles. The zero-order valence-corrected chi connectivity index (χ0v) is 57.0. The van der Waals surface area contributed by atoms with Crippen LogP contribution in [0.15, 0.2) is 283 Å². The standard InChI is InChI=1S/C33H28N2O3.C27H23N3O2.C26H23FN2O2/c1-3-32(36)38-34-30(21-26-14-8-7-11-23(26)2)29-22-35(31-16-10-9-15-28(29)31)27-19-17-25(18-20-27)33(37)24-12-5-4-6-13-24;1-3-27(31)32-29-25(16-21-9-5-4-8-19(21)2)24-18-30(26-11-7-6-10-23(24)26)22-14-12-20(17-28)13-15-22;1-3-26(30)31-28-24(16-19-9-5-4-8-18(19)2)23-17-29(21-14-12-20(27)13-15-21)25-11-7-6-10-22(23)25/h4-20,22H,3,21H2,1-2H3;4-15,18H,3,16H2,1-2H3;4-15,17H,3,16H2,1-2H3/b34-30+;29-25+;28-24+. The molecule has 0 atom stereocenters. The number of benzene rings is 10. The fourth-order valence-corrected chi connectivity index (χ4v) is 11.7. The van der Waals surface area contributed by atoms with Crippen molar-refractivity contribution in [3.63, 3.8) is 0 Å². The van der Waals surface area contributed by atoms with Gasteiger partial charge in [-0.1, -0.05) is 194 Å². The van der Waals surface area contributed by atoms with Crippen molar-refractivity contribution in [3.8, 4) is 23.1 Å². The Morgan fingerprint density at radius 1 is 0.376 bits per heavy atom. The van der Waals surface area contributed by atoms with E-state index >= 15 is 0 Å². The van der Waals surface area contributed by atoms with E-state index in [0.29, 0.717) is 53.1 Å². The topological polar surface area (TPSA) is 172 Å². The molecule has 14 nitrogen and oxygen atoms in total. The third-order valence-corrected chi connectivity index (χ3v) is 17.4. The maximum atomic E-state index is 13.5. The Morgan fingerprint density at radius 2 is 0.673 bits per heavy atom. The van der Waals surface area contributed by atoms with Crippen LogP contribution in [0, 0.1) is 37.9 Å². The Kier molecular flexibility index (Phi) is 22.8. The van der Waals surface area contributed by atoms with Gasteiger partial charge in [0.2, 0.25) is 0 Å². The lowest BCUT2D eigenvalue weighted by Crippen LogP contribution is -2.09. The summed E-state index contributed by atoms with van der Waals surface area (Å²) < 4.78 is 19.6. The Bertz CT molecular complexity index is 5270. The molecule has 13 aromatic rings. The first-order chi connectivity index (χ1) is 49.2. The molecule has 0 aliphatic rings. The minimum absolute atomic E-state index is 0.0133. The number of rotatable bonds is 20. The molecule has 0 radical (unpaired) electrons. The van der Waals surface area contributed by atoms with E-state index in [1.165, 1.54) is 12.1 Å². The summed E-state index contributed by atoms with van der Waals surface area (Å²) >= 11 is 0. The largest absolute Gasteiger partial charge is 0.334 e. The number of carbonyl (C=O) groups excluding carboxylic acids is 4. The average molecular weight is 1340 g/mol. The highest BCUT2D eigenvalue weighted by atomic mass is 19.1. The number of nitrogens with zero attached hydrogens (tertiary/aromatic N) is 7. The molecule has 3 aromatic heterocycles. The maximum Gasteiger partial charge on any atom is 0.334 e. The van der Waals surface area contributed by atoms with Gasteiger partial charge in [0.15, 0.2) is 5.78 Å². The van der Waals surface area contributed by atoms with Gasteiger partial charge in [-0.25, -0.2) is 18.8 Å². The normalized spacial score (nSPS) is 11.5. The molecule has 0 spiro atoms. The molecule has 0 saturated heterocycles. The van der Waals surface area contributed by atoms with E-state index in [9.17, 15) is 23.6 Å². The van der Waals surface area contributed by atoms with Gasteiger partial charge in [-0.15, -0.1) is 0 Å². The van der Waals surface area contributed by atoms with E-state index in [1.807, 2.05) is 218 Å². The van der Waals surface area contributed by atoms with Crippen LogP contribution in [-0.2, 0) is 48.2 Å². The lowest BCUT2D eigenvalue weighted by Gasteiger charge is -2.08.